The van der Waals surface area contributed by atoms with Crippen LogP contribution in [0.15, 0.2) is 51.3 Å². The van der Waals surface area contributed by atoms with Crippen molar-refractivity contribution in [2.75, 3.05) is 11.9 Å². The van der Waals surface area contributed by atoms with Crippen LogP contribution in [0.25, 0.3) is 11.0 Å². The molecular weight excluding hydrogens is 272 g/mol. The van der Waals surface area contributed by atoms with Gasteiger partial charge in [0.2, 0.25) is 0 Å². The van der Waals surface area contributed by atoms with Gasteiger partial charge in [-0.15, -0.1) is 0 Å². The zero-order chi connectivity index (χ0) is 15.2. The maximum atomic E-state index is 11.4. The molecule has 2 aromatic rings. The molecule has 1 aromatic carbocycles. The highest BCUT2D eigenvalue weighted by Crippen LogP contribution is 2.17. The average molecular weight is 284 g/mol. The molecule has 6 nitrogen and oxygen atoms in total. The van der Waals surface area contributed by atoms with E-state index in [1.165, 1.54) is 12.3 Å². The Morgan fingerprint density at radius 2 is 2.24 bits per heavy atom. The third-order valence-corrected chi connectivity index (χ3v) is 2.62. The Morgan fingerprint density at radius 1 is 1.43 bits per heavy atom. The molecule has 1 aromatic heterocycles. The molecule has 21 heavy (non-hydrogen) atoms. The van der Waals surface area contributed by atoms with Crippen LogP contribution in [0.1, 0.15) is 6.92 Å². The van der Waals surface area contributed by atoms with Crippen LogP contribution in [-0.2, 0) is 9.53 Å². The minimum atomic E-state index is -0.681. The fourth-order valence-corrected chi connectivity index (χ4v) is 1.66. The summed E-state index contributed by atoms with van der Waals surface area (Å²) in [6.45, 7) is 1.87. The molecule has 0 unspecified atom stereocenters. The van der Waals surface area contributed by atoms with Crippen LogP contribution >= 0.6 is 0 Å². The second kappa shape index (κ2) is 6.39. The molecule has 106 valence electrons. The Kier molecular flexibility index (Phi) is 4.36. The number of nitrogens with zero attached hydrogens (tertiary/aromatic N) is 1. The van der Waals surface area contributed by atoms with Crippen LogP contribution in [0.5, 0.6) is 0 Å². The lowest BCUT2D eigenvalue weighted by atomic mass is 10.2. The third kappa shape index (κ3) is 3.48. The molecule has 2 rings (SSSR count). The number of fused-ring (bicyclic) bond motifs is 1. The number of hydrogen-bond acceptors (Lipinski definition) is 6. The van der Waals surface area contributed by atoms with Gasteiger partial charge in [0.1, 0.15) is 11.7 Å². The van der Waals surface area contributed by atoms with E-state index in [0.29, 0.717) is 11.3 Å². The number of carbonyl (C=O) groups is 1. The van der Waals surface area contributed by atoms with Crippen molar-refractivity contribution in [1.29, 1.82) is 5.26 Å². The van der Waals surface area contributed by atoms with Crippen LogP contribution in [0.3, 0.4) is 0 Å². The van der Waals surface area contributed by atoms with Gasteiger partial charge in [0.05, 0.1) is 6.61 Å². The maximum absolute atomic E-state index is 11.4. The lowest BCUT2D eigenvalue weighted by Gasteiger charge is -2.04. The molecule has 0 amide bonds. The number of esters is 1. The number of ether oxygens (including phenoxy) is 1. The van der Waals surface area contributed by atoms with Gasteiger partial charge in [-0.1, -0.05) is 0 Å². The van der Waals surface area contributed by atoms with Crippen LogP contribution in [0, 0.1) is 11.3 Å². The summed E-state index contributed by atoms with van der Waals surface area (Å²) in [6.07, 6.45) is 1.28. The van der Waals surface area contributed by atoms with Gasteiger partial charge in [-0.3, -0.25) is 0 Å². The molecule has 0 aliphatic heterocycles. The predicted octanol–water partition coefficient (Wildman–Crippen LogP) is 2.18. The van der Waals surface area contributed by atoms with Crippen molar-refractivity contribution in [2.24, 2.45) is 0 Å². The van der Waals surface area contributed by atoms with Gasteiger partial charge in [-0.2, -0.15) is 5.26 Å². The molecule has 0 fully saturated rings. The van der Waals surface area contributed by atoms with Gasteiger partial charge in [0, 0.05) is 23.3 Å². The molecule has 0 aliphatic rings. The smallest absolute Gasteiger partial charge is 0.350 e. The topological polar surface area (TPSA) is 92.3 Å². The van der Waals surface area contributed by atoms with E-state index < -0.39 is 11.6 Å². The second-order valence-electron chi connectivity index (χ2n) is 4.04. The zero-order valence-electron chi connectivity index (χ0n) is 11.3. The number of rotatable bonds is 4. The number of anilines is 1. The van der Waals surface area contributed by atoms with Gasteiger partial charge in [0.25, 0.3) is 0 Å². The summed E-state index contributed by atoms with van der Waals surface area (Å²) >= 11 is 0. The monoisotopic (exact) mass is 284 g/mol. The Hall–Kier alpha value is -3.07. The van der Waals surface area contributed by atoms with Crippen molar-refractivity contribution < 1.29 is 13.9 Å². The fourth-order valence-electron chi connectivity index (χ4n) is 1.66. The van der Waals surface area contributed by atoms with Crippen LogP contribution in [0.2, 0.25) is 0 Å². The number of carbonyl (C=O) groups excluding carboxylic acids is 1. The summed E-state index contributed by atoms with van der Waals surface area (Å²) in [6, 6.07) is 9.75. The molecule has 0 aliphatic carbocycles. The number of benzene rings is 1. The van der Waals surface area contributed by atoms with Crippen molar-refractivity contribution in [3.63, 3.8) is 0 Å². The van der Waals surface area contributed by atoms with Gasteiger partial charge in [-0.25, -0.2) is 9.59 Å². The van der Waals surface area contributed by atoms with Crippen molar-refractivity contribution in [1.82, 2.24) is 0 Å². The van der Waals surface area contributed by atoms with Crippen LogP contribution in [0.4, 0.5) is 5.69 Å². The number of nitriles is 1. The Morgan fingerprint density at radius 3 is 2.95 bits per heavy atom. The molecule has 0 atom stereocenters. The number of nitrogens with one attached hydrogen (secondary N) is 1. The molecule has 0 spiro atoms. The Labute approximate surface area is 120 Å². The minimum Gasteiger partial charge on any atom is -0.462 e. The summed E-state index contributed by atoms with van der Waals surface area (Å²) in [4.78, 5) is 22.5. The quantitative estimate of drug-likeness (QED) is 0.400. The van der Waals surface area contributed by atoms with E-state index in [9.17, 15) is 9.59 Å². The fraction of sp³-hybridized carbons (Fsp3) is 0.133. The van der Waals surface area contributed by atoms with Crippen molar-refractivity contribution in [3.05, 3.63) is 52.5 Å². The van der Waals surface area contributed by atoms with Gasteiger partial charge in [-0.05, 0) is 31.2 Å². The predicted molar refractivity (Wildman–Crippen MR) is 76.4 cm³/mol. The molecule has 1 N–H and O–H groups in total. The highest BCUT2D eigenvalue weighted by Gasteiger charge is 2.09. The van der Waals surface area contributed by atoms with Crippen molar-refractivity contribution in [2.45, 2.75) is 6.92 Å². The van der Waals surface area contributed by atoms with E-state index in [1.807, 2.05) is 0 Å². The van der Waals surface area contributed by atoms with Crippen LogP contribution < -0.4 is 10.9 Å². The normalized spacial score (nSPS) is 11.0. The summed E-state index contributed by atoms with van der Waals surface area (Å²) in [7, 11) is 0. The first-order valence-corrected chi connectivity index (χ1v) is 6.22. The van der Waals surface area contributed by atoms with Crippen LogP contribution in [-0.4, -0.2) is 12.6 Å². The Balaban J connectivity index is 2.23. The highest BCUT2D eigenvalue weighted by molar-refractivity contribution is 5.93. The van der Waals surface area contributed by atoms with Crippen molar-refractivity contribution >= 4 is 22.6 Å². The van der Waals surface area contributed by atoms with E-state index >= 15 is 0 Å². The minimum absolute atomic E-state index is 0.128. The van der Waals surface area contributed by atoms with E-state index in [0.717, 1.165) is 5.39 Å². The molecule has 1 heterocycles. The molecule has 0 saturated carbocycles. The first-order chi connectivity index (χ1) is 10.1. The molecule has 6 heteroatoms. The maximum Gasteiger partial charge on any atom is 0.350 e. The lowest BCUT2D eigenvalue weighted by molar-refractivity contribution is -0.138. The molecule has 0 saturated heterocycles. The lowest BCUT2D eigenvalue weighted by Crippen LogP contribution is -2.07. The van der Waals surface area contributed by atoms with Gasteiger partial charge in [0.15, 0.2) is 5.57 Å². The summed E-state index contributed by atoms with van der Waals surface area (Å²) < 4.78 is 9.76. The highest BCUT2D eigenvalue weighted by atomic mass is 16.5. The Bertz CT molecular complexity index is 799. The molecule has 0 bridgehead atoms. The van der Waals surface area contributed by atoms with E-state index in [4.69, 9.17) is 14.4 Å². The largest absolute Gasteiger partial charge is 0.462 e. The standard InChI is InChI=1S/C15H12N2O4/c1-2-20-15(19)11(8-16)9-17-12-4-5-13-10(7-12)3-6-14(18)21-13/h3-7,9,17H,2H2,1H3/b11-9+. The first-order valence-electron chi connectivity index (χ1n) is 6.22. The summed E-state index contributed by atoms with van der Waals surface area (Å²) in [5.41, 5.74) is 0.560. The summed E-state index contributed by atoms with van der Waals surface area (Å²) in [5.74, 6) is -0.681. The van der Waals surface area contributed by atoms with Gasteiger partial charge < -0.3 is 14.5 Å². The first kappa shape index (κ1) is 14.3. The third-order valence-electron chi connectivity index (χ3n) is 2.62. The molecular formula is C15H12N2O4. The average Bonchev–Trinajstić information content (AvgIpc) is 2.48. The summed E-state index contributed by atoms with van der Waals surface area (Å²) in [5, 5.41) is 12.5. The van der Waals surface area contributed by atoms with E-state index in [2.05, 4.69) is 5.32 Å². The number of hydrogen-bond donors (Lipinski definition) is 1. The SMILES string of the molecule is CCOC(=O)/C(C#N)=C/Nc1ccc2oc(=O)ccc2c1. The van der Waals surface area contributed by atoms with Crippen molar-refractivity contribution in [3.8, 4) is 6.07 Å². The molecule has 0 radical (unpaired) electrons. The second-order valence-corrected chi connectivity index (χ2v) is 4.04. The van der Waals surface area contributed by atoms with E-state index in [-0.39, 0.29) is 12.2 Å². The van der Waals surface area contributed by atoms with Gasteiger partial charge >= 0.3 is 11.6 Å². The zero-order valence-corrected chi connectivity index (χ0v) is 11.3. The van der Waals surface area contributed by atoms with E-state index in [1.54, 1.807) is 37.3 Å².